The molecule has 0 aliphatic rings. The van der Waals surface area contributed by atoms with Gasteiger partial charge in [-0.2, -0.15) is 22.0 Å². The van der Waals surface area contributed by atoms with Gasteiger partial charge in [0.05, 0.1) is 5.56 Å². The molecule has 26 heavy (non-hydrogen) atoms. The van der Waals surface area contributed by atoms with Gasteiger partial charge in [0.1, 0.15) is 0 Å². The topological polar surface area (TPSA) is 13.1 Å². The molecule has 2 aromatic carbocycles. The summed E-state index contributed by atoms with van der Waals surface area (Å²) >= 11 is 1.06. The lowest BCUT2D eigenvalue weighted by Crippen LogP contribution is -2.03. The molecule has 0 bridgehead atoms. The van der Waals surface area contributed by atoms with E-state index in [4.69, 9.17) is 0 Å². The minimum absolute atomic E-state index is 0.0869. The Morgan fingerprint density at radius 3 is 2.15 bits per heavy atom. The Bertz CT molecular complexity index is 906. The standard InChI is InChI=1S/C19H11F5OS/c20-16-11-17(25-18(16)21)26-15-3-1-2-13(10-15)5-4-12-6-8-14(9-7-12)19(22,23)24/h1-11H/b5-4+. The van der Waals surface area contributed by atoms with E-state index >= 15 is 0 Å². The Labute approximate surface area is 150 Å². The van der Waals surface area contributed by atoms with E-state index in [1.807, 2.05) is 0 Å². The van der Waals surface area contributed by atoms with Crippen molar-refractivity contribution in [3.63, 3.8) is 0 Å². The summed E-state index contributed by atoms with van der Waals surface area (Å²) in [5.74, 6) is -1.05. The van der Waals surface area contributed by atoms with Crippen molar-refractivity contribution in [2.45, 2.75) is 16.2 Å². The maximum Gasteiger partial charge on any atom is 0.416 e. The minimum Gasteiger partial charge on any atom is -0.422 e. The monoisotopic (exact) mass is 382 g/mol. The van der Waals surface area contributed by atoms with Gasteiger partial charge in [0.15, 0.2) is 10.9 Å². The summed E-state index contributed by atoms with van der Waals surface area (Å²) < 4.78 is 68.1. The highest BCUT2D eigenvalue weighted by molar-refractivity contribution is 7.99. The first-order valence-corrected chi connectivity index (χ1v) is 8.21. The van der Waals surface area contributed by atoms with Gasteiger partial charge in [-0.1, -0.05) is 48.2 Å². The van der Waals surface area contributed by atoms with Crippen LogP contribution in [0.25, 0.3) is 12.2 Å². The van der Waals surface area contributed by atoms with E-state index in [0.717, 1.165) is 35.5 Å². The molecule has 0 unspecified atom stereocenters. The fraction of sp³-hybridized carbons (Fsp3) is 0.0526. The zero-order valence-corrected chi connectivity index (χ0v) is 13.9. The molecule has 0 radical (unpaired) electrons. The second-order valence-corrected chi connectivity index (χ2v) is 6.39. The van der Waals surface area contributed by atoms with Crippen molar-refractivity contribution in [2.24, 2.45) is 0 Å². The first-order chi connectivity index (χ1) is 12.3. The van der Waals surface area contributed by atoms with Crippen molar-refractivity contribution in [1.82, 2.24) is 0 Å². The van der Waals surface area contributed by atoms with Crippen LogP contribution in [0.15, 0.2) is 69.0 Å². The SMILES string of the molecule is Fc1cc(Sc2cccc(/C=C/c3ccc(C(F)(F)F)cc3)c2)oc1F. The Balaban J connectivity index is 1.73. The lowest BCUT2D eigenvalue weighted by Gasteiger charge is -2.06. The van der Waals surface area contributed by atoms with Gasteiger partial charge in [0, 0.05) is 11.0 Å². The molecular formula is C19H11F5OS. The highest BCUT2D eigenvalue weighted by atomic mass is 32.2. The van der Waals surface area contributed by atoms with Crippen LogP contribution in [0.3, 0.4) is 0 Å². The number of alkyl halides is 3. The Morgan fingerprint density at radius 2 is 1.54 bits per heavy atom. The minimum atomic E-state index is -4.36. The molecule has 0 aliphatic heterocycles. The normalized spacial score (nSPS) is 12.0. The van der Waals surface area contributed by atoms with Gasteiger partial charge in [0.25, 0.3) is 0 Å². The molecule has 3 rings (SSSR count). The molecule has 0 spiro atoms. The van der Waals surface area contributed by atoms with Crippen molar-refractivity contribution in [3.8, 4) is 0 Å². The van der Waals surface area contributed by atoms with Crippen LogP contribution in [-0.2, 0) is 6.18 Å². The summed E-state index contributed by atoms with van der Waals surface area (Å²) in [5, 5.41) is 0.0869. The molecule has 0 saturated heterocycles. The first kappa shape index (κ1) is 18.3. The lowest BCUT2D eigenvalue weighted by atomic mass is 10.1. The fourth-order valence-electron chi connectivity index (χ4n) is 2.15. The predicted octanol–water partition coefficient (Wildman–Crippen LogP) is 6.90. The highest BCUT2D eigenvalue weighted by Gasteiger charge is 2.29. The molecule has 0 N–H and O–H groups in total. The van der Waals surface area contributed by atoms with E-state index in [1.54, 1.807) is 36.4 Å². The number of furan rings is 1. The molecule has 7 heteroatoms. The molecule has 3 aromatic rings. The third-order valence-electron chi connectivity index (χ3n) is 3.41. The number of hydrogen-bond acceptors (Lipinski definition) is 2. The summed E-state index contributed by atoms with van der Waals surface area (Å²) in [6.07, 6.45) is -0.954. The van der Waals surface area contributed by atoms with Crippen molar-refractivity contribution in [1.29, 1.82) is 0 Å². The molecule has 134 valence electrons. The summed E-state index contributed by atoms with van der Waals surface area (Å²) in [6, 6.07) is 11.6. The van der Waals surface area contributed by atoms with Gasteiger partial charge in [-0.25, -0.2) is 0 Å². The van der Waals surface area contributed by atoms with Crippen LogP contribution in [0.5, 0.6) is 0 Å². The Kier molecular flexibility index (Phi) is 5.18. The Morgan fingerprint density at radius 1 is 0.846 bits per heavy atom. The summed E-state index contributed by atoms with van der Waals surface area (Å²) in [4.78, 5) is 0.702. The lowest BCUT2D eigenvalue weighted by molar-refractivity contribution is -0.137. The quantitative estimate of drug-likeness (QED) is 0.360. The van der Waals surface area contributed by atoms with Crippen molar-refractivity contribution < 1.29 is 26.4 Å². The molecule has 0 atom stereocenters. The molecule has 0 saturated carbocycles. The van der Waals surface area contributed by atoms with Crippen LogP contribution in [0.2, 0.25) is 0 Å². The van der Waals surface area contributed by atoms with Crippen molar-refractivity contribution >= 4 is 23.9 Å². The van der Waals surface area contributed by atoms with E-state index in [9.17, 15) is 22.0 Å². The molecule has 1 aromatic heterocycles. The maximum atomic E-state index is 13.0. The summed E-state index contributed by atoms with van der Waals surface area (Å²) in [7, 11) is 0. The van der Waals surface area contributed by atoms with Crippen LogP contribution >= 0.6 is 11.8 Å². The smallest absolute Gasteiger partial charge is 0.416 e. The van der Waals surface area contributed by atoms with E-state index in [-0.39, 0.29) is 5.09 Å². The van der Waals surface area contributed by atoms with E-state index in [1.165, 1.54) is 12.1 Å². The second kappa shape index (κ2) is 7.37. The van der Waals surface area contributed by atoms with Crippen LogP contribution in [0.1, 0.15) is 16.7 Å². The fourth-order valence-corrected chi connectivity index (χ4v) is 3.00. The maximum absolute atomic E-state index is 13.0. The van der Waals surface area contributed by atoms with Gasteiger partial charge in [-0.15, -0.1) is 0 Å². The van der Waals surface area contributed by atoms with Gasteiger partial charge < -0.3 is 4.42 Å². The summed E-state index contributed by atoms with van der Waals surface area (Å²) in [5.41, 5.74) is 0.694. The third kappa shape index (κ3) is 4.54. The van der Waals surface area contributed by atoms with Gasteiger partial charge in [-0.3, -0.25) is 0 Å². The van der Waals surface area contributed by atoms with Crippen LogP contribution < -0.4 is 0 Å². The van der Waals surface area contributed by atoms with Crippen LogP contribution in [-0.4, -0.2) is 0 Å². The number of benzene rings is 2. The van der Waals surface area contributed by atoms with Gasteiger partial charge in [0.2, 0.25) is 0 Å². The Hall–Kier alpha value is -2.54. The van der Waals surface area contributed by atoms with E-state index in [0.29, 0.717) is 10.5 Å². The molecule has 0 aliphatic carbocycles. The van der Waals surface area contributed by atoms with E-state index < -0.39 is 23.6 Å². The number of hydrogen-bond donors (Lipinski definition) is 0. The van der Waals surface area contributed by atoms with E-state index in [2.05, 4.69) is 4.42 Å². The molecular weight excluding hydrogens is 371 g/mol. The third-order valence-corrected chi connectivity index (χ3v) is 4.30. The van der Waals surface area contributed by atoms with Crippen molar-refractivity contribution in [2.75, 3.05) is 0 Å². The average molecular weight is 382 g/mol. The second-order valence-electron chi connectivity index (χ2n) is 5.31. The summed E-state index contributed by atoms with van der Waals surface area (Å²) in [6.45, 7) is 0. The average Bonchev–Trinajstić information content (AvgIpc) is 2.90. The highest BCUT2D eigenvalue weighted by Crippen LogP contribution is 2.31. The van der Waals surface area contributed by atoms with Gasteiger partial charge >= 0.3 is 12.2 Å². The molecule has 0 amide bonds. The largest absolute Gasteiger partial charge is 0.422 e. The van der Waals surface area contributed by atoms with Crippen molar-refractivity contribution in [3.05, 3.63) is 83.1 Å². The number of halogens is 5. The molecule has 0 fully saturated rings. The van der Waals surface area contributed by atoms with Gasteiger partial charge in [-0.05, 0) is 35.4 Å². The van der Waals surface area contributed by atoms with Crippen LogP contribution in [0.4, 0.5) is 22.0 Å². The first-order valence-electron chi connectivity index (χ1n) is 7.39. The zero-order chi connectivity index (χ0) is 18.7. The number of rotatable bonds is 4. The molecule has 1 heterocycles. The van der Waals surface area contributed by atoms with Crippen LogP contribution in [0, 0.1) is 11.8 Å². The zero-order valence-electron chi connectivity index (χ0n) is 13.1. The molecule has 1 nitrogen and oxygen atoms in total. The predicted molar refractivity (Wildman–Crippen MR) is 89.6 cm³/mol.